The number of aromatic nitrogens is 4. The van der Waals surface area contributed by atoms with E-state index in [0.29, 0.717) is 42.9 Å². The minimum atomic E-state index is -4.24. The number of carbonyl (C=O) groups excluding carboxylic acids is 1. The van der Waals surface area contributed by atoms with Gasteiger partial charge in [0.25, 0.3) is 5.56 Å². The molecule has 0 radical (unpaired) electrons. The molecule has 1 aliphatic carbocycles. The van der Waals surface area contributed by atoms with Crippen LogP contribution in [0.4, 0.5) is 13.2 Å². The zero-order chi connectivity index (χ0) is 25.0. The third-order valence-electron chi connectivity index (χ3n) is 6.33. The van der Waals surface area contributed by atoms with E-state index in [9.17, 15) is 27.6 Å². The predicted octanol–water partition coefficient (Wildman–Crippen LogP) is 3.51. The Balaban J connectivity index is 1.80. The average Bonchev–Trinajstić information content (AvgIpc) is 3.09. The van der Waals surface area contributed by atoms with Gasteiger partial charge in [0.05, 0.1) is 5.92 Å². The first-order valence-corrected chi connectivity index (χ1v) is 12.1. The largest absolute Gasteiger partial charge is 0.391 e. The summed E-state index contributed by atoms with van der Waals surface area (Å²) in [6, 6.07) is -0.496. The van der Waals surface area contributed by atoms with Crippen molar-refractivity contribution in [2.75, 3.05) is 0 Å². The first-order valence-electron chi connectivity index (χ1n) is 12.1. The van der Waals surface area contributed by atoms with Crippen LogP contribution < -0.4 is 16.6 Å². The van der Waals surface area contributed by atoms with Gasteiger partial charge in [-0.1, -0.05) is 33.6 Å². The number of hydrogen-bond donors (Lipinski definition) is 2. The number of hydrogen-bond acceptors (Lipinski definition) is 4. The lowest BCUT2D eigenvalue weighted by Crippen LogP contribution is -2.41. The molecule has 8 nitrogen and oxygen atoms in total. The van der Waals surface area contributed by atoms with Crippen LogP contribution in [0.1, 0.15) is 71.5 Å². The van der Waals surface area contributed by atoms with E-state index in [4.69, 9.17) is 0 Å². The van der Waals surface area contributed by atoms with Gasteiger partial charge >= 0.3 is 11.9 Å². The van der Waals surface area contributed by atoms with Crippen LogP contribution in [0.5, 0.6) is 0 Å². The van der Waals surface area contributed by atoms with Crippen LogP contribution in [0.15, 0.2) is 9.59 Å². The second-order valence-electron chi connectivity index (χ2n) is 9.64. The molecule has 190 valence electrons. The number of H-pyrrole nitrogens is 1. The smallest absolute Gasteiger partial charge is 0.353 e. The van der Waals surface area contributed by atoms with Gasteiger partial charge < -0.3 is 9.88 Å². The van der Waals surface area contributed by atoms with Crippen LogP contribution >= 0.6 is 0 Å². The molecule has 34 heavy (non-hydrogen) atoms. The van der Waals surface area contributed by atoms with Crippen LogP contribution in [0, 0.1) is 11.8 Å². The van der Waals surface area contributed by atoms with E-state index in [0.717, 1.165) is 12.8 Å². The average molecular weight is 486 g/mol. The van der Waals surface area contributed by atoms with Gasteiger partial charge in [0, 0.05) is 32.0 Å². The topological polar surface area (TPSA) is 102 Å². The van der Waals surface area contributed by atoms with Gasteiger partial charge in [-0.15, -0.1) is 0 Å². The van der Waals surface area contributed by atoms with Crippen LogP contribution in [0.3, 0.4) is 0 Å². The molecule has 0 bridgehead atoms. The number of aryl methyl sites for hydroxylation is 2. The van der Waals surface area contributed by atoms with Crippen molar-refractivity contribution in [3.8, 4) is 0 Å². The predicted molar refractivity (Wildman–Crippen MR) is 123 cm³/mol. The normalized spacial score (nSPS) is 19.1. The number of alkyl halides is 3. The van der Waals surface area contributed by atoms with Crippen LogP contribution in [0.25, 0.3) is 11.2 Å². The SMILES string of the molecule is CCCCn1c(=O)[nH]c(=O)c2c1nc(CCC(=O)N[C@@H]1CCC[C@H](C(F)(F)F)C1)n2CC(C)C. The zero-order valence-corrected chi connectivity index (χ0v) is 20.0. The Morgan fingerprint density at radius 1 is 1.24 bits per heavy atom. The van der Waals surface area contributed by atoms with Crippen molar-refractivity contribution in [1.82, 2.24) is 24.4 Å². The molecule has 11 heteroatoms. The number of unbranched alkanes of at least 4 members (excludes halogenated alkanes) is 1. The molecule has 2 heterocycles. The quantitative estimate of drug-likeness (QED) is 0.568. The molecule has 0 aliphatic heterocycles. The minimum absolute atomic E-state index is 0.0334. The highest BCUT2D eigenvalue weighted by Crippen LogP contribution is 2.37. The fraction of sp³-hybridized carbons (Fsp3) is 0.739. The number of halogens is 3. The molecule has 1 saturated carbocycles. The maximum Gasteiger partial charge on any atom is 0.391 e. The zero-order valence-electron chi connectivity index (χ0n) is 20.0. The van der Waals surface area contributed by atoms with Gasteiger partial charge in [-0.2, -0.15) is 13.2 Å². The lowest BCUT2D eigenvalue weighted by Gasteiger charge is -2.31. The van der Waals surface area contributed by atoms with Gasteiger partial charge in [-0.3, -0.25) is 19.1 Å². The lowest BCUT2D eigenvalue weighted by molar-refractivity contribution is -0.184. The van der Waals surface area contributed by atoms with Crippen molar-refractivity contribution in [1.29, 1.82) is 0 Å². The van der Waals surface area contributed by atoms with E-state index in [-0.39, 0.29) is 37.5 Å². The Kier molecular flexibility index (Phi) is 8.25. The number of imidazole rings is 1. The monoisotopic (exact) mass is 485 g/mol. The van der Waals surface area contributed by atoms with E-state index >= 15 is 0 Å². The summed E-state index contributed by atoms with van der Waals surface area (Å²) in [5.74, 6) is -1.03. The van der Waals surface area contributed by atoms with Gasteiger partial charge in [-0.25, -0.2) is 9.78 Å². The summed E-state index contributed by atoms with van der Waals surface area (Å²) in [6.45, 7) is 6.88. The van der Waals surface area contributed by atoms with Crippen LogP contribution in [-0.4, -0.2) is 37.2 Å². The number of nitrogens with one attached hydrogen (secondary N) is 2. The number of carbonyl (C=O) groups is 1. The molecule has 1 aliphatic rings. The van der Waals surface area contributed by atoms with Crippen LogP contribution in [-0.2, 0) is 24.3 Å². The van der Waals surface area contributed by atoms with Crippen LogP contribution in [0.2, 0.25) is 0 Å². The highest BCUT2D eigenvalue weighted by molar-refractivity contribution is 5.77. The molecule has 0 saturated heterocycles. The standard InChI is InChI=1S/C23H34F3N5O3/c1-4-5-11-30-20-19(21(33)29-22(30)34)31(13-14(2)3)17(28-20)9-10-18(32)27-16-8-6-7-15(12-16)23(24,25)26/h14-16H,4-13H2,1-3H3,(H,27,32)(H,29,33,34)/t15-,16+/m0/s1. The molecule has 0 unspecified atom stereocenters. The molecule has 1 fully saturated rings. The Labute approximate surface area is 195 Å². The number of fused-ring (bicyclic) bond motifs is 1. The summed E-state index contributed by atoms with van der Waals surface area (Å²) >= 11 is 0. The van der Waals surface area contributed by atoms with Gasteiger partial charge in [0.2, 0.25) is 5.91 Å². The summed E-state index contributed by atoms with van der Waals surface area (Å²) in [5.41, 5.74) is -0.420. The highest BCUT2D eigenvalue weighted by Gasteiger charge is 2.42. The molecule has 2 atom stereocenters. The Bertz CT molecular complexity index is 1120. The fourth-order valence-electron chi connectivity index (χ4n) is 4.64. The summed E-state index contributed by atoms with van der Waals surface area (Å²) in [5, 5.41) is 2.75. The van der Waals surface area contributed by atoms with E-state index in [2.05, 4.69) is 15.3 Å². The third-order valence-corrected chi connectivity index (χ3v) is 6.33. The first-order chi connectivity index (χ1) is 16.0. The van der Waals surface area contributed by atoms with E-state index in [1.807, 2.05) is 20.8 Å². The van der Waals surface area contributed by atoms with Gasteiger partial charge in [-0.05, 0) is 31.6 Å². The number of amides is 1. The van der Waals surface area contributed by atoms with Crippen molar-refractivity contribution in [3.05, 3.63) is 26.7 Å². The second kappa shape index (κ2) is 10.8. The maximum atomic E-state index is 13.1. The second-order valence-corrected chi connectivity index (χ2v) is 9.64. The number of nitrogens with zero attached hydrogens (tertiary/aromatic N) is 3. The molecule has 1 amide bonds. The molecule has 3 rings (SSSR count). The summed E-state index contributed by atoms with van der Waals surface area (Å²) < 4.78 is 42.4. The third kappa shape index (κ3) is 6.09. The maximum absolute atomic E-state index is 13.1. The van der Waals surface area contributed by atoms with Crippen molar-refractivity contribution >= 4 is 17.1 Å². The van der Waals surface area contributed by atoms with E-state index in [1.54, 1.807) is 4.57 Å². The Morgan fingerprint density at radius 3 is 2.62 bits per heavy atom. The minimum Gasteiger partial charge on any atom is -0.353 e. The Hall–Kier alpha value is -2.59. The van der Waals surface area contributed by atoms with Crippen molar-refractivity contribution in [3.63, 3.8) is 0 Å². The lowest BCUT2D eigenvalue weighted by atomic mass is 9.85. The first kappa shape index (κ1) is 26.0. The van der Waals surface area contributed by atoms with E-state index < -0.39 is 29.4 Å². The number of aromatic amines is 1. The molecule has 2 N–H and O–H groups in total. The summed E-state index contributed by atoms with van der Waals surface area (Å²) in [4.78, 5) is 44.6. The van der Waals surface area contributed by atoms with Crippen molar-refractivity contribution in [2.45, 2.75) is 97.4 Å². The molecule has 2 aromatic heterocycles. The summed E-state index contributed by atoms with van der Waals surface area (Å²) in [7, 11) is 0. The fourth-order valence-corrected chi connectivity index (χ4v) is 4.64. The van der Waals surface area contributed by atoms with Gasteiger partial charge in [0.15, 0.2) is 11.2 Å². The van der Waals surface area contributed by atoms with Crippen molar-refractivity contribution in [2.24, 2.45) is 11.8 Å². The van der Waals surface area contributed by atoms with Crippen molar-refractivity contribution < 1.29 is 18.0 Å². The molecular weight excluding hydrogens is 451 g/mol. The molecular formula is C23H34F3N5O3. The van der Waals surface area contributed by atoms with Gasteiger partial charge in [0.1, 0.15) is 5.82 Å². The molecule has 0 aromatic carbocycles. The number of rotatable bonds is 9. The molecule has 2 aromatic rings. The highest BCUT2D eigenvalue weighted by atomic mass is 19.4. The molecule has 0 spiro atoms. The summed E-state index contributed by atoms with van der Waals surface area (Å²) in [6.07, 6.45) is -1.43. The van der Waals surface area contributed by atoms with E-state index in [1.165, 1.54) is 4.57 Å². The Morgan fingerprint density at radius 2 is 1.97 bits per heavy atom.